The van der Waals surface area contributed by atoms with Crippen molar-refractivity contribution in [3.05, 3.63) is 54.1 Å². The Bertz CT molecular complexity index is 1080. The average Bonchev–Trinajstić information content (AvgIpc) is 2.83. The first-order valence-electron chi connectivity index (χ1n) is 11.6. The van der Waals surface area contributed by atoms with Gasteiger partial charge in [0.15, 0.2) is 0 Å². The summed E-state index contributed by atoms with van der Waals surface area (Å²) in [7, 11) is -1.79. The van der Waals surface area contributed by atoms with E-state index in [-0.39, 0.29) is 29.4 Å². The number of carbonyl (C=O) groups is 2. The van der Waals surface area contributed by atoms with E-state index in [0.717, 1.165) is 24.8 Å². The molecule has 2 amide bonds. The van der Waals surface area contributed by atoms with Crippen LogP contribution in [0.2, 0.25) is 0 Å². The lowest BCUT2D eigenvalue weighted by Gasteiger charge is -2.25. The molecule has 0 saturated carbocycles. The summed E-state index contributed by atoms with van der Waals surface area (Å²) in [6, 6.07) is 13.2. The van der Waals surface area contributed by atoms with Crippen LogP contribution in [-0.4, -0.2) is 50.9 Å². The lowest BCUT2D eigenvalue weighted by Crippen LogP contribution is -2.40. The summed E-state index contributed by atoms with van der Waals surface area (Å²) in [4.78, 5) is 26.1. The van der Waals surface area contributed by atoms with Gasteiger partial charge in [-0.05, 0) is 75.1 Å². The fourth-order valence-corrected chi connectivity index (χ4v) is 5.23. The normalized spacial score (nSPS) is 14.6. The van der Waals surface area contributed by atoms with E-state index < -0.39 is 10.0 Å². The molecule has 1 fully saturated rings. The first-order chi connectivity index (χ1) is 16.2. The number of benzene rings is 2. The maximum Gasteiger partial charge on any atom is 0.321 e. The molecule has 1 aliphatic rings. The van der Waals surface area contributed by atoms with E-state index in [4.69, 9.17) is 4.74 Å². The number of esters is 1. The summed E-state index contributed by atoms with van der Waals surface area (Å²) in [5.41, 5.74) is 1.54. The third kappa shape index (κ3) is 6.80. The Kier molecular flexibility index (Phi) is 8.68. The van der Waals surface area contributed by atoms with Crippen LogP contribution in [0.4, 0.5) is 10.5 Å². The van der Waals surface area contributed by atoms with E-state index in [0.29, 0.717) is 30.9 Å². The zero-order chi connectivity index (χ0) is 24.7. The molecule has 9 heteroatoms. The molecule has 1 aliphatic heterocycles. The molecule has 2 aromatic carbocycles. The van der Waals surface area contributed by atoms with E-state index in [1.807, 2.05) is 13.8 Å². The number of ether oxygens (including phenoxy) is 1. The molecule has 1 N–H and O–H groups in total. The number of rotatable bonds is 8. The second-order valence-electron chi connectivity index (χ2n) is 8.74. The molecule has 3 rings (SSSR count). The summed E-state index contributed by atoms with van der Waals surface area (Å²) >= 11 is 0. The first kappa shape index (κ1) is 25.7. The number of nitrogens with one attached hydrogen (secondary N) is 1. The Balaban J connectivity index is 1.50. The molecule has 0 aliphatic carbocycles. The van der Waals surface area contributed by atoms with Gasteiger partial charge in [-0.25, -0.2) is 13.2 Å². The number of nitrogens with zero attached hydrogens (tertiary/aromatic N) is 2. The van der Waals surface area contributed by atoms with Crippen LogP contribution in [0.3, 0.4) is 0 Å². The molecule has 0 atom stereocenters. The van der Waals surface area contributed by atoms with Crippen molar-refractivity contribution in [2.24, 2.45) is 0 Å². The minimum Gasteiger partial charge on any atom is -0.427 e. The van der Waals surface area contributed by atoms with Gasteiger partial charge in [0.2, 0.25) is 10.0 Å². The lowest BCUT2D eigenvalue weighted by molar-refractivity contribution is -0.134. The minimum absolute atomic E-state index is 0.0328. The third-order valence-corrected chi connectivity index (χ3v) is 7.58. The fraction of sp³-hybridized carbons (Fsp3) is 0.440. The molecule has 1 heterocycles. The molecule has 0 unspecified atom stereocenters. The highest BCUT2D eigenvalue weighted by Gasteiger charge is 2.25. The van der Waals surface area contributed by atoms with E-state index in [9.17, 15) is 18.0 Å². The van der Waals surface area contributed by atoms with Crippen molar-refractivity contribution < 1.29 is 22.7 Å². The number of anilines is 1. The van der Waals surface area contributed by atoms with Gasteiger partial charge in [0.1, 0.15) is 5.75 Å². The van der Waals surface area contributed by atoms with Gasteiger partial charge in [-0.2, -0.15) is 4.31 Å². The van der Waals surface area contributed by atoms with Crippen LogP contribution in [0.5, 0.6) is 5.75 Å². The zero-order valence-electron chi connectivity index (χ0n) is 20.0. The van der Waals surface area contributed by atoms with E-state index in [1.165, 1.54) is 4.90 Å². The minimum atomic E-state index is -3.46. The number of sulfonamides is 1. The molecule has 184 valence electrons. The summed E-state index contributed by atoms with van der Waals surface area (Å²) in [6.45, 7) is 4.91. The number of hydrogen-bond donors (Lipinski definition) is 1. The lowest BCUT2D eigenvalue weighted by atomic mass is 10.1. The highest BCUT2D eigenvalue weighted by Crippen LogP contribution is 2.22. The van der Waals surface area contributed by atoms with Gasteiger partial charge >= 0.3 is 12.0 Å². The van der Waals surface area contributed by atoms with Crippen LogP contribution < -0.4 is 15.0 Å². The van der Waals surface area contributed by atoms with Crippen molar-refractivity contribution in [1.82, 2.24) is 9.62 Å². The number of amides is 2. The highest BCUT2D eigenvalue weighted by molar-refractivity contribution is 7.89. The van der Waals surface area contributed by atoms with Crippen molar-refractivity contribution >= 4 is 27.7 Å². The zero-order valence-corrected chi connectivity index (χ0v) is 20.8. The summed E-state index contributed by atoms with van der Waals surface area (Å²) in [5, 5.41) is 2.81. The second kappa shape index (κ2) is 11.5. The fourth-order valence-electron chi connectivity index (χ4n) is 3.71. The highest BCUT2D eigenvalue weighted by atomic mass is 32.2. The van der Waals surface area contributed by atoms with Crippen molar-refractivity contribution in [3.63, 3.8) is 0 Å². The summed E-state index contributed by atoms with van der Waals surface area (Å²) < 4.78 is 32.4. The number of carbonyl (C=O) groups excluding carboxylic acids is 2. The number of hydrogen-bond acceptors (Lipinski definition) is 5. The Morgan fingerprint density at radius 2 is 1.62 bits per heavy atom. The molecule has 0 radical (unpaired) electrons. The van der Waals surface area contributed by atoms with Crippen LogP contribution in [0.1, 0.15) is 45.1 Å². The Morgan fingerprint density at radius 3 is 2.21 bits per heavy atom. The van der Waals surface area contributed by atoms with E-state index >= 15 is 0 Å². The van der Waals surface area contributed by atoms with Crippen LogP contribution in [0, 0.1) is 0 Å². The quantitative estimate of drug-likeness (QED) is 0.449. The predicted molar refractivity (Wildman–Crippen MR) is 132 cm³/mol. The molecule has 8 nitrogen and oxygen atoms in total. The van der Waals surface area contributed by atoms with Crippen LogP contribution in [0.25, 0.3) is 0 Å². The SMILES string of the molecule is CC(C)NC(=O)N(C)c1ccc(OC(=O)CCc2ccc(S(=O)(=O)N3CCCCC3)cc2)cc1. The van der Waals surface area contributed by atoms with Crippen LogP contribution in [-0.2, 0) is 21.2 Å². The van der Waals surface area contributed by atoms with Crippen LogP contribution >= 0.6 is 0 Å². The molecule has 0 aromatic heterocycles. The van der Waals surface area contributed by atoms with E-state index in [1.54, 1.807) is 59.9 Å². The molecule has 34 heavy (non-hydrogen) atoms. The van der Waals surface area contributed by atoms with Crippen molar-refractivity contribution in [2.45, 2.75) is 56.9 Å². The van der Waals surface area contributed by atoms with Crippen molar-refractivity contribution in [1.29, 1.82) is 0 Å². The van der Waals surface area contributed by atoms with Crippen LogP contribution in [0.15, 0.2) is 53.4 Å². The van der Waals surface area contributed by atoms with E-state index in [2.05, 4.69) is 5.32 Å². The standard InChI is InChI=1S/C25H33N3O5S/c1-19(2)26-25(30)27(3)21-10-12-22(13-11-21)33-24(29)16-9-20-7-14-23(15-8-20)34(31,32)28-17-5-4-6-18-28/h7-8,10-15,19H,4-6,9,16-18H2,1-3H3,(H,26,30). The largest absolute Gasteiger partial charge is 0.427 e. The number of piperidine rings is 1. The number of urea groups is 1. The van der Waals surface area contributed by atoms with Gasteiger partial charge in [-0.15, -0.1) is 0 Å². The second-order valence-corrected chi connectivity index (χ2v) is 10.7. The first-order valence-corrected chi connectivity index (χ1v) is 13.0. The van der Waals surface area contributed by atoms with Gasteiger partial charge in [0, 0.05) is 38.3 Å². The smallest absolute Gasteiger partial charge is 0.321 e. The monoisotopic (exact) mass is 487 g/mol. The molecular formula is C25H33N3O5S. The third-order valence-electron chi connectivity index (χ3n) is 5.67. The maximum atomic E-state index is 12.7. The van der Waals surface area contributed by atoms with Gasteiger partial charge in [0.05, 0.1) is 4.90 Å². The van der Waals surface area contributed by atoms with Gasteiger partial charge in [-0.1, -0.05) is 18.6 Å². The molecule has 0 spiro atoms. The van der Waals surface area contributed by atoms with Crippen molar-refractivity contribution in [2.75, 3.05) is 25.0 Å². The predicted octanol–water partition coefficient (Wildman–Crippen LogP) is 3.95. The molecule has 1 saturated heterocycles. The number of aryl methyl sites for hydroxylation is 1. The Hall–Kier alpha value is -2.91. The summed E-state index contributed by atoms with van der Waals surface area (Å²) in [6.07, 6.45) is 3.46. The molecular weight excluding hydrogens is 454 g/mol. The summed E-state index contributed by atoms with van der Waals surface area (Å²) in [5.74, 6) is 0.0121. The van der Waals surface area contributed by atoms with Crippen molar-refractivity contribution in [3.8, 4) is 5.75 Å². The molecule has 0 bridgehead atoms. The average molecular weight is 488 g/mol. The maximum absolute atomic E-state index is 12.7. The van der Waals surface area contributed by atoms with Gasteiger partial charge in [0.25, 0.3) is 0 Å². The van der Waals surface area contributed by atoms with Gasteiger partial charge in [-0.3, -0.25) is 9.69 Å². The Labute approximate surface area is 201 Å². The van der Waals surface area contributed by atoms with Gasteiger partial charge < -0.3 is 10.1 Å². The molecule has 2 aromatic rings. The Morgan fingerprint density at radius 1 is 1.00 bits per heavy atom. The topological polar surface area (TPSA) is 96.0 Å².